The molecule has 6 nitrogen and oxygen atoms in total. The Kier molecular flexibility index (Phi) is 5.34. The van der Waals surface area contributed by atoms with Gasteiger partial charge in [-0.1, -0.05) is 0 Å². The third-order valence-corrected chi connectivity index (χ3v) is 2.64. The van der Waals surface area contributed by atoms with Crippen molar-refractivity contribution < 1.29 is 22.8 Å². The molecule has 9 heteroatoms. The molecule has 1 heterocycles. The van der Waals surface area contributed by atoms with Crippen LogP contribution in [-0.2, 0) is 16.1 Å². The molecule has 0 aliphatic heterocycles. The maximum absolute atomic E-state index is 12.2. The number of alkyl halides is 3. The third kappa shape index (κ3) is 5.09. The summed E-state index contributed by atoms with van der Waals surface area (Å²) in [6.07, 6.45) is -3.33. The lowest BCUT2D eigenvalue weighted by atomic mass is 10.3. The highest BCUT2D eigenvalue weighted by atomic mass is 19.4. The van der Waals surface area contributed by atoms with Crippen LogP contribution in [-0.4, -0.2) is 45.3 Å². The number of rotatable bonds is 4. The summed E-state index contributed by atoms with van der Waals surface area (Å²) in [6, 6.07) is 1.04. The second-order valence-electron chi connectivity index (χ2n) is 4.65. The van der Waals surface area contributed by atoms with E-state index in [0.717, 1.165) is 6.20 Å². The van der Waals surface area contributed by atoms with E-state index in [4.69, 9.17) is 0 Å². The van der Waals surface area contributed by atoms with Gasteiger partial charge in [-0.3, -0.25) is 14.3 Å². The minimum Gasteiger partial charge on any atom is -0.332 e. The molecule has 0 aromatic carbocycles. The molecule has 118 valence electrons. The maximum Gasteiger partial charge on any atom is 0.408 e. The zero-order valence-electron chi connectivity index (χ0n) is 11.9. The molecular formula is C12H17F3N4O2. The molecule has 1 N–H and O–H groups in total. The van der Waals surface area contributed by atoms with Gasteiger partial charge in [-0.05, 0) is 20.8 Å². The fourth-order valence-corrected chi connectivity index (χ4v) is 1.74. The molecule has 0 aliphatic carbocycles. The second kappa shape index (κ2) is 6.59. The van der Waals surface area contributed by atoms with Gasteiger partial charge in [0.05, 0.1) is 0 Å². The number of likely N-dealkylation sites (N-methyl/N-ethyl adjacent to an activating group) is 1. The van der Waals surface area contributed by atoms with Crippen LogP contribution in [0.4, 0.5) is 19.0 Å². The first-order valence-electron chi connectivity index (χ1n) is 6.36. The third-order valence-electron chi connectivity index (χ3n) is 2.64. The topological polar surface area (TPSA) is 67.2 Å². The molecule has 1 rings (SSSR count). The van der Waals surface area contributed by atoms with Crippen LogP contribution in [0.5, 0.6) is 0 Å². The highest BCUT2D eigenvalue weighted by Gasteiger charge is 2.29. The van der Waals surface area contributed by atoms with E-state index in [1.807, 2.05) is 0 Å². The number of nitrogens with one attached hydrogen (secondary N) is 1. The highest BCUT2D eigenvalue weighted by Crippen LogP contribution is 2.17. The van der Waals surface area contributed by atoms with Crippen LogP contribution in [0.15, 0.2) is 12.3 Å². The number of aromatic nitrogens is 2. The lowest BCUT2D eigenvalue weighted by Crippen LogP contribution is -2.43. The first-order chi connectivity index (χ1) is 9.64. The smallest absolute Gasteiger partial charge is 0.332 e. The van der Waals surface area contributed by atoms with Crippen LogP contribution in [0, 0.1) is 0 Å². The van der Waals surface area contributed by atoms with E-state index in [-0.39, 0.29) is 11.9 Å². The number of carbonyl (C=O) groups is 2. The molecule has 1 aromatic rings. The van der Waals surface area contributed by atoms with Crippen LogP contribution in [0.1, 0.15) is 20.8 Å². The van der Waals surface area contributed by atoms with E-state index >= 15 is 0 Å². The Morgan fingerprint density at radius 3 is 2.52 bits per heavy atom. The van der Waals surface area contributed by atoms with Crippen molar-refractivity contribution in [3.63, 3.8) is 0 Å². The first-order valence-corrected chi connectivity index (χ1v) is 6.36. The number of hydrogen-bond acceptors (Lipinski definition) is 3. The van der Waals surface area contributed by atoms with Gasteiger partial charge in [0, 0.05) is 24.8 Å². The fourth-order valence-electron chi connectivity index (χ4n) is 1.74. The lowest BCUT2D eigenvalue weighted by molar-refractivity contribution is -0.144. The van der Waals surface area contributed by atoms with Gasteiger partial charge >= 0.3 is 18.0 Å². The van der Waals surface area contributed by atoms with Gasteiger partial charge in [-0.15, -0.1) is 0 Å². The first kappa shape index (κ1) is 17.0. The Bertz CT molecular complexity index is 511. The molecule has 1 aromatic heterocycles. The molecule has 0 fully saturated rings. The van der Waals surface area contributed by atoms with Crippen LogP contribution in [0.3, 0.4) is 0 Å². The lowest BCUT2D eigenvalue weighted by Gasteiger charge is -2.23. The predicted molar refractivity (Wildman–Crippen MR) is 69.4 cm³/mol. The Hall–Kier alpha value is -2.06. The van der Waals surface area contributed by atoms with E-state index in [0.29, 0.717) is 11.2 Å². The van der Waals surface area contributed by atoms with E-state index in [2.05, 4.69) is 10.4 Å². The monoisotopic (exact) mass is 306 g/mol. The van der Waals surface area contributed by atoms with Crippen molar-refractivity contribution in [2.45, 2.75) is 39.5 Å². The Labute approximate surface area is 119 Å². The normalized spacial score (nSPS) is 11.6. The minimum absolute atomic E-state index is 0.0996. The zero-order valence-corrected chi connectivity index (χ0v) is 11.9. The molecule has 0 aliphatic rings. The number of amides is 2. The summed E-state index contributed by atoms with van der Waals surface area (Å²) in [6.45, 7) is 4.33. The Morgan fingerprint density at radius 1 is 1.43 bits per heavy atom. The van der Waals surface area contributed by atoms with Gasteiger partial charge in [0.25, 0.3) is 0 Å². The van der Waals surface area contributed by atoms with Crippen molar-refractivity contribution in [3.05, 3.63) is 12.3 Å². The SMILES string of the molecule is CCN(C(=O)C(=O)Nc1ccn(CC(F)(F)F)n1)C(C)C. The van der Waals surface area contributed by atoms with Gasteiger partial charge in [0.15, 0.2) is 5.82 Å². The van der Waals surface area contributed by atoms with E-state index < -0.39 is 24.5 Å². The summed E-state index contributed by atoms with van der Waals surface area (Å²) in [4.78, 5) is 24.9. The molecule has 21 heavy (non-hydrogen) atoms. The second-order valence-corrected chi connectivity index (χ2v) is 4.65. The summed E-state index contributed by atoms with van der Waals surface area (Å²) in [5.74, 6) is -1.78. The average Bonchev–Trinajstić information content (AvgIpc) is 2.74. The van der Waals surface area contributed by atoms with Gasteiger partial charge in [-0.25, -0.2) is 0 Å². The van der Waals surface area contributed by atoms with Crippen molar-refractivity contribution in [2.75, 3.05) is 11.9 Å². The Morgan fingerprint density at radius 2 is 2.05 bits per heavy atom. The summed E-state index contributed by atoms with van der Waals surface area (Å²) < 4.78 is 37.2. The number of nitrogens with zero attached hydrogens (tertiary/aromatic N) is 3. The highest BCUT2D eigenvalue weighted by molar-refractivity contribution is 6.39. The number of carbonyl (C=O) groups excluding carboxylic acids is 2. The van der Waals surface area contributed by atoms with Crippen molar-refractivity contribution in [1.29, 1.82) is 0 Å². The molecule has 0 unspecified atom stereocenters. The van der Waals surface area contributed by atoms with Crippen LogP contribution < -0.4 is 5.32 Å². The molecule has 0 bridgehead atoms. The molecule has 0 radical (unpaired) electrons. The Balaban J connectivity index is 2.69. The average molecular weight is 306 g/mol. The van der Waals surface area contributed by atoms with Crippen molar-refractivity contribution >= 4 is 17.6 Å². The van der Waals surface area contributed by atoms with E-state index in [1.54, 1.807) is 20.8 Å². The van der Waals surface area contributed by atoms with Gasteiger partial charge < -0.3 is 10.2 Å². The molecule has 0 saturated heterocycles. The fraction of sp³-hybridized carbons (Fsp3) is 0.583. The van der Waals surface area contributed by atoms with Crippen molar-refractivity contribution in [2.24, 2.45) is 0 Å². The maximum atomic E-state index is 12.2. The molecule has 2 amide bonds. The quantitative estimate of drug-likeness (QED) is 0.860. The molecule has 0 atom stereocenters. The van der Waals surface area contributed by atoms with E-state index in [1.165, 1.54) is 11.0 Å². The van der Waals surface area contributed by atoms with Gasteiger partial charge in [0.1, 0.15) is 6.54 Å². The standard InChI is InChI=1S/C12H17F3N4O2/c1-4-19(8(2)3)11(21)10(20)16-9-5-6-18(17-9)7-12(13,14)15/h5-6,8H,4,7H2,1-3H3,(H,16,17,20). The number of halogens is 3. The summed E-state index contributed by atoms with van der Waals surface area (Å²) in [5.41, 5.74) is 0. The summed E-state index contributed by atoms with van der Waals surface area (Å²) in [7, 11) is 0. The minimum atomic E-state index is -4.40. The van der Waals surface area contributed by atoms with Gasteiger partial charge in [0.2, 0.25) is 0 Å². The summed E-state index contributed by atoms with van der Waals surface area (Å²) >= 11 is 0. The van der Waals surface area contributed by atoms with Crippen LogP contribution >= 0.6 is 0 Å². The number of anilines is 1. The van der Waals surface area contributed by atoms with Gasteiger partial charge in [-0.2, -0.15) is 18.3 Å². The molecule has 0 spiro atoms. The van der Waals surface area contributed by atoms with Crippen LogP contribution in [0.2, 0.25) is 0 Å². The molecule has 0 saturated carbocycles. The predicted octanol–water partition coefficient (Wildman–Crippen LogP) is 1.64. The van der Waals surface area contributed by atoms with Crippen LogP contribution in [0.25, 0.3) is 0 Å². The summed E-state index contributed by atoms with van der Waals surface area (Å²) in [5, 5.41) is 5.73. The van der Waals surface area contributed by atoms with Crippen molar-refractivity contribution in [3.8, 4) is 0 Å². The zero-order chi connectivity index (χ0) is 16.2. The van der Waals surface area contributed by atoms with Crippen molar-refractivity contribution in [1.82, 2.24) is 14.7 Å². The van der Waals surface area contributed by atoms with E-state index in [9.17, 15) is 22.8 Å². The number of hydrogen-bond donors (Lipinski definition) is 1. The largest absolute Gasteiger partial charge is 0.408 e. The molecular weight excluding hydrogens is 289 g/mol.